The van der Waals surface area contributed by atoms with Gasteiger partial charge in [-0.1, -0.05) is 18.7 Å². The van der Waals surface area contributed by atoms with E-state index in [1.807, 2.05) is 0 Å². The summed E-state index contributed by atoms with van der Waals surface area (Å²) in [5.41, 5.74) is 0.748. The zero-order chi connectivity index (χ0) is 10.8. The lowest BCUT2D eigenvalue weighted by Gasteiger charge is -1.91. The molecule has 15 heavy (non-hydrogen) atoms. The minimum absolute atomic E-state index is 0.127. The summed E-state index contributed by atoms with van der Waals surface area (Å²) in [6, 6.07) is 6.66. The second-order valence-electron chi connectivity index (χ2n) is 3.08. The van der Waals surface area contributed by atoms with Crippen molar-refractivity contribution in [3.05, 3.63) is 49.4 Å². The maximum atomic E-state index is 11.3. The van der Waals surface area contributed by atoms with Crippen molar-refractivity contribution in [2.75, 3.05) is 0 Å². The molecule has 0 saturated carbocycles. The van der Waals surface area contributed by atoms with Crippen LogP contribution in [0.2, 0.25) is 0 Å². The van der Waals surface area contributed by atoms with Crippen molar-refractivity contribution in [3.63, 3.8) is 0 Å². The van der Waals surface area contributed by atoms with E-state index in [2.05, 4.69) is 11.6 Å². The van der Waals surface area contributed by atoms with Gasteiger partial charge in [0.15, 0.2) is 0 Å². The molecule has 0 atom stereocenters. The maximum Gasteiger partial charge on any atom is 0.266 e. The highest BCUT2D eigenvalue weighted by Gasteiger charge is 1.93. The van der Waals surface area contributed by atoms with Gasteiger partial charge in [-0.05, 0) is 23.8 Å². The van der Waals surface area contributed by atoms with Gasteiger partial charge in [0.05, 0.1) is 9.20 Å². The van der Waals surface area contributed by atoms with E-state index in [4.69, 9.17) is 5.11 Å². The average Bonchev–Trinajstić information content (AvgIpc) is 2.49. The Labute approximate surface area is 89.7 Å². The summed E-state index contributed by atoms with van der Waals surface area (Å²) in [6.45, 7) is 3.66. The van der Waals surface area contributed by atoms with Crippen LogP contribution in [0.1, 0.15) is 5.56 Å². The third-order valence-corrected chi connectivity index (χ3v) is 2.77. The maximum absolute atomic E-state index is 11.3. The van der Waals surface area contributed by atoms with Crippen LogP contribution in [0.5, 0.6) is 5.75 Å². The van der Waals surface area contributed by atoms with Gasteiger partial charge in [-0.3, -0.25) is 4.79 Å². The van der Waals surface area contributed by atoms with Crippen LogP contribution in [-0.4, -0.2) is 10.1 Å². The molecule has 0 unspecified atom stereocenters. The summed E-state index contributed by atoms with van der Waals surface area (Å²) in [7, 11) is 0. The highest BCUT2D eigenvalue weighted by molar-refractivity contribution is 7.07. The predicted octanol–water partition coefficient (Wildman–Crippen LogP) is 0.381. The molecule has 4 heteroatoms. The number of hydrogen-bond donors (Lipinski definition) is 2. The van der Waals surface area contributed by atoms with E-state index >= 15 is 0 Å². The van der Waals surface area contributed by atoms with Gasteiger partial charge in [0.1, 0.15) is 5.75 Å². The molecule has 2 N–H and O–H groups in total. The highest BCUT2D eigenvalue weighted by Crippen LogP contribution is 2.09. The molecule has 3 nitrogen and oxygen atoms in total. The third-order valence-electron chi connectivity index (χ3n) is 1.90. The Morgan fingerprint density at radius 1 is 1.33 bits per heavy atom. The van der Waals surface area contributed by atoms with Crippen molar-refractivity contribution in [1.29, 1.82) is 0 Å². The first-order valence-corrected chi connectivity index (χ1v) is 5.15. The molecule has 0 radical (unpaired) electrons. The van der Waals surface area contributed by atoms with Crippen LogP contribution < -0.4 is 14.8 Å². The number of rotatable bonds is 1. The van der Waals surface area contributed by atoms with Gasteiger partial charge in [0, 0.05) is 0 Å². The minimum atomic E-state index is -0.127. The Bertz CT molecular complexity index is 622. The molecule has 0 fully saturated rings. The Balaban J connectivity index is 2.55. The number of aromatic nitrogens is 1. The average molecular weight is 219 g/mol. The predicted molar refractivity (Wildman–Crippen MR) is 61.4 cm³/mol. The van der Waals surface area contributed by atoms with Gasteiger partial charge in [0.2, 0.25) is 0 Å². The fourth-order valence-corrected chi connectivity index (χ4v) is 1.96. The molecular formula is C11H9NO2S. The molecule has 0 spiro atoms. The van der Waals surface area contributed by atoms with Gasteiger partial charge < -0.3 is 10.1 Å². The molecule has 0 aliphatic heterocycles. The molecular weight excluding hydrogens is 210 g/mol. The lowest BCUT2D eigenvalue weighted by molar-refractivity contribution is 0.475. The van der Waals surface area contributed by atoms with E-state index in [1.165, 1.54) is 11.3 Å². The SMILES string of the molecule is C=c1[nH]c(=O)/c(=C/c2ccc(O)cc2)s1. The first-order chi connectivity index (χ1) is 7.15. The van der Waals surface area contributed by atoms with Gasteiger partial charge >= 0.3 is 0 Å². The number of aromatic amines is 1. The van der Waals surface area contributed by atoms with Crippen molar-refractivity contribution in [2.24, 2.45) is 0 Å². The van der Waals surface area contributed by atoms with Gasteiger partial charge in [-0.15, -0.1) is 11.3 Å². The molecule has 1 heterocycles. The monoisotopic (exact) mass is 219 g/mol. The molecule has 0 aliphatic rings. The van der Waals surface area contributed by atoms with Crippen molar-refractivity contribution in [3.8, 4) is 5.75 Å². The first-order valence-electron chi connectivity index (χ1n) is 4.34. The van der Waals surface area contributed by atoms with E-state index in [-0.39, 0.29) is 11.3 Å². The van der Waals surface area contributed by atoms with E-state index in [0.717, 1.165) is 5.56 Å². The van der Waals surface area contributed by atoms with Gasteiger partial charge in [-0.25, -0.2) is 0 Å². The molecule has 2 aromatic rings. The third kappa shape index (κ3) is 2.16. The number of H-pyrrole nitrogens is 1. The van der Waals surface area contributed by atoms with Crippen LogP contribution in [0.3, 0.4) is 0 Å². The van der Waals surface area contributed by atoms with Crippen molar-refractivity contribution >= 4 is 24.0 Å². The Kier molecular flexibility index (Phi) is 2.43. The van der Waals surface area contributed by atoms with Crippen LogP contribution in [0.25, 0.3) is 12.7 Å². The van der Waals surface area contributed by atoms with Crippen LogP contribution >= 0.6 is 11.3 Å². The Morgan fingerprint density at radius 3 is 2.53 bits per heavy atom. The standard InChI is InChI=1S/C11H9NO2S/c1-7-12-11(14)10(15-7)6-8-2-4-9(13)5-3-8/h2-6,13H,1H2,(H,12,14)/b10-6-. The molecule has 0 aliphatic carbocycles. The quantitative estimate of drug-likeness (QED) is 0.728. The Hall–Kier alpha value is -1.81. The number of phenolic OH excluding ortho intramolecular Hbond substituents is 1. The smallest absolute Gasteiger partial charge is 0.266 e. The molecule has 0 bridgehead atoms. The van der Waals surface area contributed by atoms with Gasteiger partial charge in [-0.2, -0.15) is 0 Å². The zero-order valence-corrected chi connectivity index (χ0v) is 8.67. The van der Waals surface area contributed by atoms with Crippen LogP contribution in [0.4, 0.5) is 0 Å². The largest absolute Gasteiger partial charge is 0.508 e. The summed E-state index contributed by atoms with van der Waals surface area (Å²) < 4.78 is 1.26. The van der Waals surface area contributed by atoms with Crippen molar-refractivity contribution in [2.45, 2.75) is 0 Å². The van der Waals surface area contributed by atoms with E-state index in [0.29, 0.717) is 9.20 Å². The fourth-order valence-electron chi connectivity index (χ4n) is 1.21. The number of thiazole rings is 1. The number of benzene rings is 1. The summed E-state index contributed by atoms with van der Waals surface area (Å²) in [5.74, 6) is 0.213. The molecule has 1 aromatic heterocycles. The minimum Gasteiger partial charge on any atom is -0.508 e. The highest BCUT2D eigenvalue weighted by atomic mass is 32.1. The molecule has 2 rings (SSSR count). The Morgan fingerprint density at radius 2 is 2.00 bits per heavy atom. The molecule has 0 saturated heterocycles. The van der Waals surface area contributed by atoms with Crippen LogP contribution in [-0.2, 0) is 0 Å². The first kappa shape index (κ1) is 9.73. The molecule has 1 aromatic carbocycles. The van der Waals surface area contributed by atoms with E-state index < -0.39 is 0 Å². The molecule has 76 valence electrons. The second-order valence-corrected chi connectivity index (χ2v) is 4.22. The topological polar surface area (TPSA) is 53.1 Å². The number of nitrogens with one attached hydrogen (secondary N) is 1. The second kappa shape index (κ2) is 3.74. The lowest BCUT2D eigenvalue weighted by atomic mass is 10.2. The van der Waals surface area contributed by atoms with Gasteiger partial charge in [0.25, 0.3) is 5.56 Å². The molecule has 0 amide bonds. The van der Waals surface area contributed by atoms with Crippen LogP contribution in [0.15, 0.2) is 29.1 Å². The summed E-state index contributed by atoms with van der Waals surface area (Å²) in [6.07, 6.45) is 1.76. The number of hydrogen-bond acceptors (Lipinski definition) is 3. The summed E-state index contributed by atoms with van der Waals surface area (Å²) >= 11 is 1.32. The zero-order valence-electron chi connectivity index (χ0n) is 7.86. The summed E-state index contributed by atoms with van der Waals surface area (Å²) in [5, 5.41) is 9.09. The van der Waals surface area contributed by atoms with Crippen molar-refractivity contribution < 1.29 is 5.11 Å². The number of aromatic hydroxyl groups is 1. The number of phenols is 1. The lowest BCUT2D eigenvalue weighted by Crippen LogP contribution is -2.19. The van der Waals surface area contributed by atoms with Crippen molar-refractivity contribution in [1.82, 2.24) is 4.98 Å². The van der Waals surface area contributed by atoms with Crippen LogP contribution in [0, 0.1) is 0 Å². The van der Waals surface area contributed by atoms with E-state index in [9.17, 15) is 4.79 Å². The normalized spacial score (nSPS) is 11.9. The fraction of sp³-hybridized carbons (Fsp3) is 0. The van der Waals surface area contributed by atoms with E-state index in [1.54, 1.807) is 30.3 Å². The summed E-state index contributed by atoms with van der Waals surface area (Å²) in [4.78, 5) is 14.0.